The molecule has 3 rings (SSSR count). The molecule has 1 aliphatic rings. The molecule has 20 heavy (non-hydrogen) atoms. The van der Waals surface area contributed by atoms with Crippen LogP contribution in [0.2, 0.25) is 5.15 Å². The van der Waals surface area contributed by atoms with Crippen molar-refractivity contribution >= 4 is 28.4 Å². The van der Waals surface area contributed by atoms with Crippen molar-refractivity contribution in [2.75, 3.05) is 13.1 Å². The summed E-state index contributed by atoms with van der Waals surface area (Å²) in [5.41, 5.74) is 1.26. The number of fused-ring (bicyclic) bond motifs is 1. The van der Waals surface area contributed by atoms with Gasteiger partial charge in [-0.2, -0.15) is 0 Å². The topological polar surface area (TPSA) is 53.4 Å². The first-order valence-corrected chi connectivity index (χ1v) is 7.05. The molecule has 1 N–H and O–H groups in total. The number of aliphatic hydroxyl groups is 1. The zero-order valence-corrected chi connectivity index (χ0v) is 11.7. The molecule has 0 aliphatic carbocycles. The predicted octanol–water partition coefficient (Wildman–Crippen LogP) is 2.49. The zero-order chi connectivity index (χ0) is 14.1. The van der Waals surface area contributed by atoms with Crippen LogP contribution in [0.3, 0.4) is 0 Å². The standard InChI is InChI=1S/C15H15ClN2O2/c16-14-8-12(11-5-1-2-6-13(11)17-14)15(20)18-7-3-4-10(19)9-18/h1-2,5-6,8,10,19H,3-4,7,9H2/t10-/m0/s1. The number of aromatic nitrogens is 1. The fraction of sp³-hybridized carbons (Fsp3) is 0.333. The first-order chi connectivity index (χ1) is 9.65. The number of piperidine rings is 1. The lowest BCUT2D eigenvalue weighted by Crippen LogP contribution is -2.42. The number of aliphatic hydroxyl groups excluding tert-OH is 1. The van der Waals surface area contributed by atoms with E-state index in [-0.39, 0.29) is 5.91 Å². The maximum Gasteiger partial charge on any atom is 0.254 e. The smallest absolute Gasteiger partial charge is 0.254 e. The van der Waals surface area contributed by atoms with Gasteiger partial charge in [-0.15, -0.1) is 0 Å². The number of carbonyl (C=O) groups is 1. The number of halogens is 1. The number of rotatable bonds is 1. The highest BCUT2D eigenvalue weighted by Crippen LogP contribution is 2.23. The molecular weight excluding hydrogens is 276 g/mol. The number of amides is 1. The molecule has 4 nitrogen and oxygen atoms in total. The average molecular weight is 291 g/mol. The third-order valence-corrected chi connectivity index (χ3v) is 3.79. The summed E-state index contributed by atoms with van der Waals surface area (Å²) < 4.78 is 0. The SMILES string of the molecule is O=C(c1cc(Cl)nc2ccccc12)N1CCC[C@H](O)C1. The van der Waals surface area contributed by atoms with Crippen LogP contribution < -0.4 is 0 Å². The Balaban J connectivity index is 2.02. The van der Waals surface area contributed by atoms with E-state index in [1.54, 1.807) is 11.0 Å². The Hall–Kier alpha value is -1.65. The number of carbonyl (C=O) groups excluding carboxylic acids is 1. The Bertz CT molecular complexity index is 659. The van der Waals surface area contributed by atoms with Gasteiger partial charge < -0.3 is 10.0 Å². The van der Waals surface area contributed by atoms with Crippen molar-refractivity contribution in [3.8, 4) is 0 Å². The molecule has 0 unspecified atom stereocenters. The number of para-hydroxylation sites is 1. The molecule has 2 heterocycles. The quantitative estimate of drug-likeness (QED) is 0.821. The minimum Gasteiger partial charge on any atom is -0.391 e. The molecule has 1 aromatic carbocycles. The third kappa shape index (κ3) is 2.49. The van der Waals surface area contributed by atoms with Gasteiger partial charge in [0, 0.05) is 18.5 Å². The van der Waals surface area contributed by atoms with E-state index in [1.807, 2.05) is 24.3 Å². The first-order valence-electron chi connectivity index (χ1n) is 6.68. The minimum atomic E-state index is -0.434. The Morgan fingerprint density at radius 3 is 3.00 bits per heavy atom. The van der Waals surface area contributed by atoms with E-state index in [0.717, 1.165) is 18.2 Å². The number of pyridine rings is 1. The van der Waals surface area contributed by atoms with E-state index in [2.05, 4.69) is 4.98 Å². The second-order valence-corrected chi connectivity index (χ2v) is 5.44. The molecule has 0 bridgehead atoms. The van der Waals surface area contributed by atoms with Crippen LogP contribution in [-0.2, 0) is 0 Å². The monoisotopic (exact) mass is 290 g/mol. The summed E-state index contributed by atoms with van der Waals surface area (Å²) in [5.74, 6) is -0.0933. The summed E-state index contributed by atoms with van der Waals surface area (Å²) in [6, 6.07) is 9.05. The van der Waals surface area contributed by atoms with Gasteiger partial charge in [-0.1, -0.05) is 29.8 Å². The molecule has 1 aliphatic heterocycles. The highest BCUT2D eigenvalue weighted by molar-refractivity contribution is 6.30. The van der Waals surface area contributed by atoms with Crippen LogP contribution >= 0.6 is 11.6 Å². The number of hydrogen-bond acceptors (Lipinski definition) is 3. The van der Waals surface area contributed by atoms with Crippen LogP contribution in [0.25, 0.3) is 10.9 Å². The second-order valence-electron chi connectivity index (χ2n) is 5.06. The van der Waals surface area contributed by atoms with Crippen LogP contribution in [-0.4, -0.2) is 40.1 Å². The molecule has 0 spiro atoms. The number of benzene rings is 1. The normalized spacial score (nSPS) is 19.3. The highest BCUT2D eigenvalue weighted by Gasteiger charge is 2.24. The van der Waals surface area contributed by atoms with Crippen LogP contribution in [0, 0.1) is 0 Å². The molecule has 5 heteroatoms. The van der Waals surface area contributed by atoms with Crippen molar-refractivity contribution in [2.24, 2.45) is 0 Å². The minimum absolute atomic E-state index is 0.0933. The highest BCUT2D eigenvalue weighted by atomic mass is 35.5. The maximum absolute atomic E-state index is 12.6. The van der Waals surface area contributed by atoms with Crippen molar-refractivity contribution in [1.82, 2.24) is 9.88 Å². The largest absolute Gasteiger partial charge is 0.391 e. The number of β-amino-alcohol motifs (C(OH)–C–C–N with tert-alkyl or cyclic N) is 1. The summed E-state index contributed by atoms with van der Waals surface area (Å²) in [7, 11) is 0. The predicted molar refractivity (Wildman–Crippen MR) is 77.9 cm³/mol. The molecule has 1 atom stereocenters. The van der Waals surface area contributed by atoms with E-state index in [0.29, 0.717) is 29.3 Å². The average Bonchev–Trinajstić information content (AvgIpc) is 2.45. The number of hydrogen-bond donors (Lipinski definition) is 1. The Labute approximate surface area is 122 Å². The summed E-state index contributed by atoms with van der Waals surface area (Å²) >= 11 is 6.00. The Morgan fingerprint density at radius 2 is 2.20 bits per heavy atom. The lowest BCUT2D eigenvalue weighted by atomic mass is 10.0. The Morgan fingerprint density at radius 1 is 1.40 bits per heavy atom. The van der Waals surface area contributed by atoms with E-state index >= 15 is 0 Å². The second kappa shape index (κ2) is 5.38. The number of nitrogens with zero attached hydrogens (tertiary/aromatic N) is 2. The molecule has 0 radical (unpaired) electrons. The van der Waals surface area contributed by atoms with E-state index in [4.69, 9.17) is 11.6 Å². The zero-order valence-electron chi connectivity index (χ0n) is 10.9. The summed E-state index contributed by atoms with van der Waals surface area (Å²) in [5, 5.41) is 10.8. The number of likely N-dealkylation sites (tertiary alicyclic amines) is 1. The Kier molecular flexibility index (Phi) is 3.59. The molecule has 2 aromatic rings. The summed E-state index contributed by atoms with van der Waals surface area (Å²) in [6.07, 6.45) is 1.14. The van der Waals surface area contributed by atoms with E-state index in [1.165, 1.54) is 0 Å². The molecule has 1 saturated heterocycles. The van der Waals surface area contributed by atoms with Gasteiger partial charge in [0.25, 0.3) is 5.91 Å². The molecule has 1 fully saturated rings. The van der Waals surface area contributed by atoms with Gasteiger partial charge in [-0.3, -0.25) is 4.79 Å². The van der Waals surface area contributed by atoms with Crippen molar-refractivity contribution in [3.63, 3.8) is 0 Å². The van der Waals surface area contributed by atoms with Gasteiger partial charge in [0.1, 0.15) is 5.15 Å². The maximum atomic E-state index is 12.6. The van der Waals surface area contributed by atoms with Crippen LogP contribution in [0.5, 0.6) is 0 Å². The summed E-state index contributed by atoms with van der Waals surface area (Å²) in [6.45, 7) is 1.05. The molecule has 104 valence electrons. The van der Waals surface area contributed by atoms with Gasteiger partial charge in [0.2, 0.25) is 0 Å². The van der Waals surface area contributed by atoms with Crippen molar-refractivity contribution < 1.29 is 9.90 Å². The lowest BCUT2D eigenvalue weighted by molar-refractivity contribution is 0.0475. The van der Waals surface area contributed by atoms with Crippen LogP contribution in [0.1, 0.15) is 23.2 Å². The van der Waals surface area contributed by atoms with Crippen molar-refractivity contribution in [2.45, 2.75) is 18.9 Å². The molecular formula is C15H15ClN2O2. The van der Waals surface area contributed by atoms with Crippen molar-refractivity contribution in [3.05, 3.63) is 41.0 Å². The van der Waals surface area contributed by atoms with Gasteiger partial charge in [0.15, 0.2) is 0 Å². The van der Waals surface area contributed by atoms with Gasteiger partial charge in [-0.25, -0.2) is 4.98 Å². The van der Waals surface area contributed by atoms with Gasteiger partial charge in [-0.05, 0) is 25.0 Å². The van der Waals surface area contributed by atoms with Crippen molar-refractivity contribution in [1.29, 1.82) is 0 Å². The van der Waals surface area contributed by atoms with Crippen LogP contribution in [0.15, 0.2) is 30.3 Å². The fourth-order valence-electron chi connectivity index (χ4n) is 2.63. The molecule has 1 amide bonds. The first kappa shape index (κ1) is 13.3. The molecule has 1 aromatic heterocycles. The fourth-order valence-corrected chi connectivity index (χ4v) is 2.83. The molecule has 0 saturated carbocycles. The van der Waals surface area contributed by atoms with Gasteiger partial charge in [0.05, 0.1) is 17.2 Å². The summed E-state index contributed by atoms with van der Waals surface area (Å²) in [4.78, 5) is 18.6. The van der Waals surface area contributed by atoms with Crippen LogP contribution in [0.4, 0.5) is 0 Å². The van der Waals surface area contributed by atoms with E-state index < -0.39 is 6.10 Å². The van der Waals surface area contributed by atoms with Gasteiger partial charge >= 0.3 is 0 Å². The third-order valence-electron chi connectivity index (χ3n) is 3.60. The lowest BCUT2D eigenvalue weighted by Gasteiger charge is -2.30. The van der Waals surface area contributed by atoms with E-state index in [9.17, 15) is 9.90 Å².